The van der Waals surface area contributed by atoms with Gasteiger partial charge in [-0.2, -0.15) is 0 Å². The summed E-state index contributed by atoms with van der Waals surface area (Å²) in [7, 11) is 0. The summed E-state index contributed by atoms with van der Waals surface area (Å²) in [5.41, 5.74) is 23.8. The summed E-state index contributed by atoms with van der Waals surface area (Å²) in [5.74, 6) is 0. The van der Waals surface area contributed by atoms with Crippen molar-refractivity contribution in [2.75, 3.05) is 9.80 Å². The first-order chi connectivity index (χ1) is 33.5. The molecule has 2 heterocycles. The van der Waals surface area contributed by atoms with Crippen LogP contribution in [0.2, 0.25) is 0 Å². The molecule has 4 atom stereocenters. The number of hydrogen-bond donors (Lipinski definition) is 0. The molecule has 0 aromatic heterocycles. The second kappa shape index (κ2) is 15.2. The van der Waals surface area contributed by atoms with E-state index in [-0.39, 0.29) is 21.9 Å². The zero-order valence-corrected chi connectivity index (χ0v) is 41.4. The fourth-order valence-electron chi connectivity index (χ4n) is 15.2. The lowest BCUT2D eigenvalue weighted by Crippen LogP contribution is -2.54. The van der Waals surface area contributed by atoms with E-state index in [2.05, 4.69) is 233 Å². The molecule has 0 spiro atoms. The summed E-state index contributed by atoms with van der Waals surface area (Å²) in [5, 5.41) is 0. The molecule has 8 aromatic rings. The molecule has 69 heavy (non-hydrogen) atoms. The Morgan fingerprint density at radius 2 is 0.710 bits per heavy atom. The monoisotopic (exact) mass is 897 g/mol. The Morgan fingerprint density at radius 3 is 1.10 bits per heavy atom. The van der Waals surface area contributed by atoms with E-state index in [4.69, 9.17) is 0 Å². The number of hydrogen-bond acceptors (Lipinski definition) is 2. The Balaban J connectivity index is 1.01. The Labute approximate surface area is 410 Å². The van der Waals surface area contributed by atoms with Gasteiger partial charge in [0.2, 0.25) is 0 Å². The number of benzene rings is 8. The maximum absolute atomic E-state index is 2.71. The van der Waals surface area contributed by atoms with Gasteiger partial charge in [-0.3, -0.25) is 0 Å². The molecular weight excluding hydrogens is 833 g/mol. The molecule has 2 aliphatic heterocycles. The van der Waals surface area contributed by atoms with Crippen LogP contribution in [0.3, 0.4) is 0 Å². The molecule has 3 aliphatic carbocycles. The Bertz CT molecular complexity index is 3100. The summed E-state index contributed by atoms with van der Waals surface area (Å²) in [4.78, 5) is 5.42. The second-order valence-electron chi connectivity index (χ2n) is 22.3. The van der Waals surface area contributed by atoms with E-state index in [1.165, 1.54) is 152 Å². The highest BCUT2D eigenvalue weighted by molar-refractivity contribution is 5.92. The standard InChI is InChI=1S/C67H64N2/c1-45-39-61-59(63(3)35-19-21-37-65(63,5)68(61)51-27-15-9-16-28-51)43-55(45)47-31-33-53-54-34-32-48(42-58(54)67(57(53)41-47,49-23-11-7-12-24-49)50-25-13-8-14-26-50)56-44-60-62(40-46(56)2)69(52-29-17-10-18-30-52)66(6)38-22-20-36-64(60,66)4/h7-18,23-34,39-44H,19-22,35-38H2,1-6H3. The number of para-hydroxylation sites is 2. The van der Waals surface area contributed by atoms with Crippen LogP contribution in [-0.2, 0) is 16.2 Å². The number of anilines is 4. The normalized spacial score (nSPS) is 24.8. The molecule has 5 aliphatic rings. The van der Waals surface area contributed by atoms with Gasteiger partial charge in [0.25, 0.3) is 0 Å². The third-order valence-electron chi connectivity index (χ3n) is 19.1. The van der Waals surface area contributed by atoms with Gasteiger partial charge in [0, 0.05) is 33.6 Å². The molecule has 342 valence electrons. The van der Waals surface area contributed by atoms with Crippen molar-refractivity contribution in [1.82, 2.24) is 0 Å². The molecule has 0 N–H and O–H groups in total. The van der Waals surface area contributed by atoms with E-state index in [1.807, 2.05) is 0 Å². The molecule has 0 bridgehead atoms. The highest BCUT2D eigenvalue weighted by Crippen LogP contribution is 2.64. The van der Waals surface area contributed by atoms with Gasteiger partial charge in [-0.05, 0) is 192 Å². The summed E-state index contributed by atoms with van der Waals surface area (Å²) >= 11 is 0. The molecule has 0 radical (unpaired) electrons. The third-order valence-corrected chi connectivity index (χ3v) is 19.1. The van der Waals surface area contributed by atoms with Crippen LogP contribution in [0.5, 0.6) is 0 Å². The zero-order valence-electron chi connectivity index (χ0n) is 41.4. The lowest BCUT2D eigenvalue weighted by atomic mass is 9.61. The van der Waals surface area contributed by atoms with E-state index < -0.39 is 5.41 Å². The van der Waals surface area contributed by atoms with Crippen molar-refractivity contribution in [1.29, 1.82) is 0 Å². The molecule has 2 fully saturated rings. The number of rotatable bonds is 6. The Kier molecular flexibility index (Phi) is 9.34. The molecule has 13 rings (SSSR count). The topological polar surface area (TPSA) is 6.48 Å². The number of nitrogens with zero attached hydrogens (tertiary/aromatic N) is 2. The SMILES string of the molecule is Cc1cc2c(cc1-c1ccc3c(c1)C(c1ccccc1)(c1ccccc1)c1cc(-c4cc5c(cc4C)N(c4ccccc4)C4(C)CCCCC54C)ccc1-3)C1(C)CCCCC1(C)N2c1ccccc1. The van der Waals surface area contributed by atoms with Gasteiger partial charge in [-0.1, -0.05) is 161 Å². The van der Waals surface area contributed by atoms with E-state index >= 15 is 0 Å². The van der Waals surface area contributed by atoms with Crippen LogP contribution in [0.25, 0.3) is 33.4 Å². The second-order valence-corrected chi connectivity index (χ2v) is 22.3. The van der Waals surface area contributed by atoms with Gasteiger partial charge in [-0.25, -0.2) is 0 Å². The van der Waals surface area contributed by atoms with Crippen LogP contribution < -0.4 is 9.80 Å². The van der Waals surface area contributed by atoms with Gasteiger partial charge in [0.1, 0.15) is 0 Å². The minimum Gasteiger partial charge on any atom is -0.334 e. The van der Waals surface area contributed by atoms with Crippen LogP contribution in [-0.4, -0.2) is 11.1 Å². The molecule has 2 saturated carbocycles. The van der Waals surface area contributed by atoms with Crippen LogP contribution in [0.1, 0.15) is 124 Å². The summed E-state index contributed by atoms with van der Waals surface area (Å²) in [6, 6.07) is 70.3. The zero-order chi connectivity index (χ0) is 46.9. The molecule has 2 nitrogen and oxygen atoms in total. The molecule has 2 heteroatoms. The van der Waals surface area contributed by atoms with Gasteiger partial charge in [0.05, 0.1) is 16.5 Å². The Hall–Kier alpha value is -6.64. The minimum absolute atomic E-state index is 0.000692. The molecule has 0 saturated heterocycles. The fourth-order valence-corrected chi connectivity index (χ4v) is 15.2. The van der Waals surface area contributed by atoms with Crippen molar-refractivity contribution in [3.63, 3.8) is 0 Å². The van der Waals surface area contributed by atoms with Crippen LogP contribution in [0.4, 0.5) is 22.7 Å². The van der Waals surface area contributed by atoms with Crippen LogP contribution >= 0.6 is 0 Å². The van der Waals surface area contributed by atoms with Crippen molar-refractivity contribution in [3.05, 3.63) is 226 Å². The van der Waals surface area contributed by atoms with Crippen LogP contribution in [0, 0.1) is 13.8 Å². The maximum Gasteiger partial charge on any atom is 0.0713 e. The van der Waals surface area contributed by atoms with Crippen molar-refractivity contribution < 1.29 is 0 Å². The largest absolute Gasteiger partial charge is 0.334 e. The molecular formula is C67H64N2. The average molecular weight is 897 g/mol. The van der Waals surface area contributed by atoms with E-state index in [1.54, 1.807) is 0 Å². The maximum atomic E-state index is 2.71. The molecule has 8 aromatic carbocycles. The lowest BCUT2D eigenvalue weighted by Gasteiger charge is -2.50. The van der Waals surface area contributed by atoms with E-state index in [0.29, 0.717) is 0 Å². The van der Waals surface area contributed by atoms with Crippen molar-refractivity contribution >= 4 is 22.7 Å². The smallest absolute Gasteiger partial charge is 0.0713 e. The minimum atomic E-state index is -0.537. The van der Waals surface area contributed by atoms with Gasteiger partial charge < -0.3 is 9.80 Å². The number of aryl methyl sites for hydroxylation is 2. The quantitative estimate of drug-likeness (QED) is 0.164. The predicted octanol–water partition coefficient (Wildman–Crippen LogP) is 17.5. The average Bonchev–Trinajstić information content (AvgIpc) is 3.86. The van der Waals surface area contributed by atoms with Crippen molar-refractivity contribution in [2.24, 2.45) is 0 Å². The highest BCUT2D eigenvalue weighted by atomic mass is 15.3. The summed E-state index contributed by atoms with van der Waals surface area (Å²) in [6.07, 6.45) is 9.83. The van der Waals surface area contributed by atoms with E-state index in [9.17, 15) is 0 Å². The van der Waals surface area contributed by atoms with Crippen molar-refractivity contribution in [2.45, 2.75) is 120 Å². The first-order valence-electron chi connectivity index (χ1n) is 25.9. The predicted molar refractivity (Wildman–Crippen MR) is 290 cm³/mol. The molecule has 4 unspecified atom stereocenters. The third kappa shape index (κ3) is 5.67. The van der Waals surface area contributed by atoms with Gasteiger partial charge in [0.15, 0.2) is 0 Å². The van der Waals surface area contributed by atoms with Crippen molar-refractivity contribution in [3.8, 4) is 33.4 Å². The first kappa shape index (κ1) is 42.5. The lowest BCUT2D eigenvalue weighted by molar-refractivity contribution is 0.195. The van der Waals surface area contributed by atoms with Gasteiger partial charge >= 0.3 is 0 Å². The van der Waals surface area contributed by atoms with E-state index in [0.717, 1.165) is 0 Å². The van der Waals surface area contributed by atoms with Gasteiger partial charge in [-0.15, -0.1) is 0 Å². The number of fused-ring (bicyclic) bond motifs is 9. The summed E-state index contributed by atoms with van der Waals surface area (Å²) in [6.45, 7) is 14.9. The fraction of sp³-hybridized carbons (Fsp3) is 0.284. The summed E-state index contributed by atoms with van der Waals surface area (Å²) < 4.78 is 0. The molecule has 0 amide bonds. The first-order valence-corrected chi connectivity index (χ1v) is 25.9. The Morgan fingerprint density at radius 1 is 0.348 bits per heavy atom. The highest BCUT2D eigenvalue weighted by Gasteiger charge is 2.59. The van der Waals surface area contributed by atoms with Crippen LogP contribution in [0.15, 0.2) is 182 Å².